The highest BCUT2D eigenvalue weighted by atomic mass is 32.2. The van der Waals surface area contributed by atoms with E-state index in [4.69, 9.17) is 5.21 Å². The van der Waals surface area contributed by atoms with Crippen LogP contribution in [0.2, 0.25) is 0 Å². The Balaban J connectivity index is 2.45. The van der Waals surface area contributed by atoms with E-state index >= 15 is 0 Å². The SMILES string of the molecule is CCSCCNO. The molecule has 0 aromatic heterocycles. The van der Waals surface area contributed by atoms with Gasteiger partial charge in [-0.3, -0.25) is 0 Å². The largest absolute Gasteiger partial charge is 0.317 e. The Morgan fingerprint density at radius 3 is 2.86 bits per heavy atom. The molecule has 0 saturated heterocycles. The minimum Gasteiger partial charge on any atom is -0.317 e. The van der Waals surface area contributed by atoms with Crippen molar-refractivity contribution in [3.05, 3.63) is 0 Å². The zero-order chi connectivity index (χ0) is 5.54. The van der Waals surface area contributed by atoms with Crippen molar-refractivity contribution >= 4 is 11.8 Å². The summed E-state index contributed by atoms with van der Waals surface area (Å²) in [6.07, 6.45) is 0. The molecule has 0 aromatic carbocycles. The Kier molecular flexibility index (Phi) is 6.51. The van der Waals surface area contributed by atoms with Gasteiger partial charge in [-0.25, -0.2) is 5.48 Å². The second kappa shape index (κ2) is 6.27. The highest BCUT2D eigenvalue weighted by Gasteiger charge is 1.79. The molecule has 0 bridgehead atoms. The molecular weight excluding hydrogens is 110 g/mol. The van der Waals surface area contributed by atoms with Crippen molar-refractivity contribution in [3.8, 4) is 0 Å². The Morgan fingerprint density at radius 1 is 1.71 bits per heavy atom. The summed E-state index contributed by atoms with van der Waals surface area (Å²) in [6, 6.07) is 0. The standard InChI is InChI=1S/C4H11NOS/c1-2-7-4-3-5-6/h5-6H,2-4H2,1H3. The van der Waals surface area contributed by atoms with E-state index in [-0.39, 0.29) is 0 Å². The summed E-state index contributed by atoms with van der Waals surface area (Å²) >= 11 is 1.81. The average Bonchev–Trinajstić information content (AvgIpc) is 1.69. The normalized spacial score (nSPS) is 9.43. The molecule has 7 heavy (non-hydrogen) atoms. The van der Waals surface area contributed by atoms with Crippen LogP contribution in [-0.2, 0) is 0 Å². The molecule has 0 saturated carbocycles. The summed E-state index contributed by atoms with van der Waals surface area (Å²) in [7, 11) is 0. The predicted molar refractivity (Wildman–Crippen MR) is 32.8 cm³/mol. The predicted octanol–water partition coefficient (Wildman–Crippen LogP) is 0.718. The Labute approximate surface area is 48.3 Å². The lowest BCUT2D eigenvalue weighted by atomic mass is 10.8. The lowest BCUT2D eigenvalue weighted by molar-refractivity contribution is 0.174. The van der Waals surface area contributed by atoms with Gasteiger partial charge in [-0.1, -0.05) is 6.92 Å². The van der Waals surface area contributed by atoms with Crippen LogP contribution in [0.25, 0.3) is 0 Å². The first-order valence-corrected chi connectivity index (χ1v) is 3.52. The maximum Gasteiger partial charge on any atom is 0.0298 e. The molecule has 2 N–H and O–H groups in total. The van der Waals surface area contributed by atoms with Gasteiger partial charge in [0.25, 0.3) is 0 Å². The van der Waals surface area contributed by atoms with E-state index in [1.54, 1.807) is 0 Å². The fourth-order valence-electron chi connectivity index (χ4n) is 0.262. The van der Waals surface area contributed by atoms with Gasteiger partial charge in [-0.2, -0.15) is 11.8 Å². The Morgan fingerprint density at radius 2 is 2.43 bits per heavy atom. The molecule has 3 heteroatoms. The van der Waals surface area contributed by atoms with Crippen LogP contribution in [0.3, 0.4) is 0 Å². The van der Waals surface area contributed by atoms with Gasteiger partial charge in [0.15, 0.2) is 0 Å². The number of hydroxylamine groups is 1. The van der Waals surface area contributed by atoms with Gasteiger partial charge in [0.1, 0.15) is 0 Å². The molecule has 0 radical (unpaired) electrons. The highest BCUT2D eigenvalue weighted by molar-refractivity contribution is 7.99. The van der Waals surface area contributed by atoms with Gasteiger partial charge in [0.05, 0.1) is 0 Å². The summed E-state index contributed by atoms with van der Waals surface area (Å²) in [5.74, 6) is 2.12. The number of hydrogen-bond donors (Lipinski definition) is 2. The van der Waals surface area contributed by atoms with E-state index in [2.05, 4.69) is 12.4 Å². The van der Waals surface area contributed by atoms with Crippen LogP contribution in [0, 0.1) is 0 Å². The van der Waals surface area contributed by atoms with Crippen molar-refractivity contribution in [1.29, 1.82) is 0 Å². The van der Waals surface area contributed by atoms with Crippen LogP contribution < -0.4 is 5.48 Å². The van der Waals surface area contributed by atoms with E-state index in [0.717, 1.165) is 11.5 Å². The topological polar surface area (TPSA) is 32.3 Å². The fraction of sp³-hybridized carbons (Fsp3) is 1.00. The molecule has 2 nitrogen and oxygen atoms in total. The van der Waals surface area contributed by atoms with Crippen LogP contribution in [0.4, 0.5) is 0 Å². The number of rotatable bonds is 4. The maximum absolute atomic E-state index is 8.03. The molecule has 0 aliphatic carbocycles. The van der Waals surface area contributed by atoms with Gasteiger partial charge in [0, 0.05) is 12.3 Å². The molecule has 0 rings (SSSR count). The van der Waals surface area contributed by atoms with Crippen molar-refractivity contribution in [2.75, 3.05) is 18.1 Å². The van der Waals surface area contributed by atoms with E-state index in [1.165, 1.54) is 0 Å². The molecule has 0 heterocycles. The van der Waals surface area contributed by atoms with Crippen molar-refractivity contribution in [1.82, 2.24) is 5.48 Å². The van der Waals surface area contributed by atoms with Crippen LogP contribution in [0.5, 0.6) is 0 Å². The van der Waals surface area contributed by atoms with E-state index in [9.17, 15) is 0 Å². The molecule has 0 atom stereocenters. The van der Waals surface area contributed by atoms with Crippen LogP contribution >= 0.6 is 11.8 Å². The number of hydrogen-bond acceptors (Lipinski definition) is 3. The molecule has 0 fully saturated rings. The molecule has 0 aromatic rings. The molecule has 0 unspecified atom stereocenters. The van der Waals surface area contributed by atoms with Crippen LogP contribution in [0.1, 0.15) is 6.92 Å². The fourth-order valence-corrected chi connectivity index (χ4v) is 0.786. The van der Waals surface area contributed by atoms with E-state index < -0.39 is 0 Å². The summed E-state index contributed by atoms with van der Waals surface area (Å²) in [6.45, 7) is 2.79. The molecule has 0 spiro atoms. The zero-order valence-electron chi connectivity index (χ0n) is 4.48. The molecular formula is C4H11NOS. The average molecular weight is 121 g/mol. The second-order valence-electron chi connectivity index (χ2n) is 1.11. The smallest absolute Gasteiger partial charge is 0.0298 e. The highest BCUT2D eigenvalue weighted by Crippen LogP contribution is 1.93. The second-order valence-corrected chi connectivity index (χ2v) is 2.50. The van der Waals surface area contributed by atoms with Crippen molar-refractivity contribution in [3.63, 3.8) is 0 Å². The minimum atomic E-state index is 0.693. The van der Waals surface area contributed by atoms with Crippen molar-refractivity contribution in [2.24, 2.45) is 0 Å². The molecule has 0 aliphatic rings. The van der Waals surface area contributed by atoms with E-state index in [0.29, 0.717) is 6.54 Å². The van der Waals surface area contributed by atoms with Gasteiger partial charge >= 0.3 is 0 Å². The first-order chi connectivity index (χ1) is 3.41. The van der Waals surface area contributed by atoms with Crippen molar-refractivity contribution in [2.45, 2.75) is 6.92 Å². The van der Waals surface area contributed by atoms with Gasteiger partial charge in [-0.15, -0.1) is 0 Å². The summed E-state index contributed by atoms with van der Waals surface area (Å²) in [5, 5.41) is 8.03. The summed E-state index contributed by atoms with van der Waals surface area (Å²) < 4.78 is 0. The summed E-state index contributed by atoms with van der Waals surface area (Å²) in [4.78, 5) is 0. The van der Waals surface area contributed by atoms with Crippen molar-refractivity contribution < 1.29 is 5.21 Å². The zero-order valence-corrected chi connectivity index (χ0v) is 5.29. The Bertz CT molecular complexity index is 30.9. The lowest BCUT2D eigenvalue weighted by Crippen LogP contribution is -2.10. The quantitative estimate of drug-likeness (QED) is 0.424. The van der Waals surface area contributed by atoms with Crippen LogP contribution in [-0.4, -0.2) is 23.3 Å². The molecule has 0 amide bonds. The van der Waals surface area contributed by atoms with Crippen LogP contribution in [0.15, 0.2) is 0 Å². The number of thioether (sulfide) groups is 1. The maximum atomic E-state index is 8.03. The van der Waals surface area contributed by atoms with Gasteiger partial charge < -0.3 is 5.21 Å². The Hall–Kier alpha value is 0.270. The van der Waals surface area contributed by atoms with E-state index in [1.807, 2.05) is 11.8 Å². The monoisotopic (exact) mass is 121 g/mol. The third-order valence-corrected chi connectivity index (χ3v) is 1.46. The first-order valence-electron chi connectivity index (χ1n) is 2.36. The third-order valence-electron chi connectivity index (χ3n) is 0.562. The minimum absolute atomic E-state index is 0.693. The molecule has 0 aliphatic heterocycles. The lowest BCUT2D eigenvalue weighted by Gasteiger charge is -1.92. The first kappa shape index (κ1) is 7.27. The van der Waals surface area contributed by atoms with Gasteiger partial charge in [-0.05, 0) is 5.75 Å². The molecule has 44 valence electrons. The number of nitrogens with one attached hydrogen (secondary N) is 1. The van der Waals surface area contributed by atoms with Gasteiger partial charge in [0.2, 0.25) is 0 Å². The third kappa shape index (κ3) is 6.27. The summed E-state index contributed by atoms with van der Waals surface area (Å²) in [5.41, 5.74) is 2.08.